The van der Waals surface area contributed by atoms with Crippen LogP contribution in [-0.4, -0.2) is 49.0 Å². The van der Waals surface area contributed by atoms with Crippen molar-refractivity contribution in [3.8, 4) is 0 Å². The number of ether oxygens (including phenoxy) is 1. The highest BCUT2D eigenvalue weighted by Crippen LogP contribution is 2.28. The molecule has 20 heavy (non-hydrogen) atoms. The van der Waals surface area contributed by atoms with Gasteiger partial charge in [-0.3, -0.25) is 4.79 Å². The van der Waals surface area contributed by atoms with Gasteiger partial charge in [-0.25, -0.2) is 0 Å². The molecule has 0 aromatic heterocycles. The summed E-state index contributed by atoms with van der Waals surface area (Å²) in [6, 6.07) is 0.000109. The third kappa shape index (κ3) is 5.04. The maximum Gasteiger partial charge on any atom is 0.220 e. The third-order valence-corrected chi connectivity index (χ3v) is 3.84. The van der Waals surface area contributed by atoms with E-state index in [0.717, 1.165) is 12.5 Å². The predicted molar refractivity (Wildman–Crippen MR) is 77.3 cm³/mol. The highest BCUT2D eigenvalue weighted by atomic mass is 16.5. The smallest absolute Gasteiger partial charge is 0.220 e. The van der Waals surface area contributed by atoms with Crippen LogP contribution in [0.25, 0.3) is 0 Å². The van der Waals surface area contributed by atoms with Gasteiger partial charge in [0.1, 0.15) is 6.10 Å². The van der Waals surface area contributed by atoms with Crippen LogP contribution in [0.3, 0.4) is 0 Å². The largest absolute Gasteiger partial charge is 0.389 e. The maximum absolute atomic E-state index is 11.8. The van der Waals surface area contributed by atoms with E-state index >= 15 is 0 Å². The van der Waals surface area contributed by atoms with E-state index in [1.165, 1.54) is 12.8 Å². The molecular weight excluding hydrogens is 256 g/mol. The molecular formula is C15H28N2O3. The number of hydrogen-bond acceptors (Lipinski definition) is 4. The minimum absolute atomic E-state index is 0.000109. The number of nitrogens with one attached hydrogen (secondary N) is 2. The monoisotopic (exact) mass is 284 g/mol. The summed E-state index contributed by atoms with van der Waals surface area (Å²) < 4.78 is 5.58. The van der Waals surface area contributed by atoms with Crippen LogP contribution >= 0.6 is 0 Å². The fraction of sp³-hybridized carbons (Fsp3) is 0.933. The van der Waals surface area contributed by atoms with Gasteiger partial charge in [-0.2, -0.15) is 0 Å². The van der Waals surface area contributed by atoms with Gasteiger partial charge in [-0.05, 0) is 30.7 Å². The normalized spacial score (nSPS) is 30.5. The molecule has 0 aromatic rings. The molecule has 1 aliphatic carbocycles. The summed E-state index contributed by atoms with van der Waals surface area (Å²) in [6.07, 6.45) is 2.24. The van der Waals surface area contributed by atoms with E-state index in [-0.39, 0.29) is 23.5 Å². The molecule has 1 amide bonds. The Labute approximate surface area is 121 Å². The number of rotatable bonds is 6. The minimum atomic E-state index is -0.538. The Kier molecular flexibility index (Phi) is 5.04. The van der Waals surface area contributed by atoms with Crippen molar-refractivity contribution in [2.24, 2.45) is 11.3 Å². The Balaban J connectivity index is 1.66. The van der Waals surface area contributed by atoms with Gasteiger partial charge in [0.2, 0.25) is 5.91 Å². The van der Waals surface area contributed by atoms with Gasteiger partial charge in [0.05, 0.1) is 18.8 Å². The van der Waals surface area contributed by atoms with E-state index in [0.29, 0.717) is 19.6 Å². The number of amides is 1. The zero-order valence-corrected chi connectivity index (χ0v) is 12.8. The summed E-state index contributed by atoms with van der Waals surface area (Å²) in [4.78, 5) is 11.8. The molecule has 0 aromatic carbocycles. The average Bonchev–Trinajstić information content (AvgIpc) is 3.08. The number of aliphatic hydroxyl groups excluding tert-OH is 1. The van der Waals surface area contributed by atoms with Crippen LogP contribution in [0.5, 0.6) is 0 Å². The van der Waals surface area contributed by atoms with Crippen molar-refractivity contribution < 1.29 is 14.6 Å². The first-order chi connectivity index (χ1) is 9.35. The first-order valence-electron chi connectivity index (χ1n) is 7.65. The number of aliphatic hydroxyl groups is 1. The average molecular weight is 284 g/mol. The molecule has 2 fully saturated rings. The molecule has 0 radical (unpaired) electrons. The summed E-state index contributed by atoms with van der Waals surface area (Å²) in [5.41, 5.74) is -0.0203. The molecule has 3 atom stereocenters. The Morgan fingerprint density at radius 2 is 2.00 bits per heavy atom. The van der Waals surface area contributed by atoms with Gasteiger partial charge in [-0.15, -0.1) is 0 Å². The minimum Gasteiger partial charge on any atom is -0.389 e. The lowest BCUT2D eigenvalue weighted by atomic mass is 9.92. The van der Waals surface area contributed by atoms with Crippen molar-refractivity contribution in [2.75, 3.05) is 19.7 Å². The zero-order valence-electron chi connectivity index (χ0n) is 12.8. The van der Waals surface area contributed by atoms with Gasteiger partial charge in [0.25, 0.3) is 0 Å². The molecule has 5 nitrogen and oxygen atoms in total. The molecule has 0 unspecified atom stereocenters. The summed E-state index contributed by atoms with van der Waals surface area (Å²) in [5, 5.41) is 16.4. The molecule has 0 spiro atoms. The van der Waals surface area contributed by atoms with E-state index < -0.39 is 6.10 Å². The molecule has 2 aliphatic rings. The van der Waals surface area contributed by atoms with E-state index in [1.54, 1.807) is 0 Å². The van der Waals surface area contributed by atoms with E-state index in [9.17, 15) is 9.90 Å². The number of carbonyl (C=O) groups excluding carboxylic acids is 1. The third-order valence-electron chi connectivity index (χ3n) is 3.84. The van der Waals surface area contributed by atoms with Crippen molar-refractivity contribution in [3.63, 3.8) is 0 Å². The second kappa shape index (κ2) is 6.41. The van der Waals surface area contributed by atoms with Crippen LogP contribution < -0.4 is 10.6 Å². The fourth-order valence-electron chi connectivity index (χ4n) is 2.44. The fourth-order valence-corrected chi connectivity index (χ4v) is 2.44. The van der Waals surface area contributed by atoms with Crippen LogP contribution in [0, 0.1) is 11.3 Å². The number of carbonyl (C=O) groups is 1. The van der Waals surface area contributed by atoms with Gasteiger partial charge >= 0.3 is 0 Å². The predicted octanol–water partition coefficient (Wildman–Crippen LogP) is 0.667. The van der Waals surface area contributed by atoms with E-state index in [4.69, 9.17) is 4.74 Å². The molecule has 5 heteroatoms. The molecule has 3 N–H and O–H groups in total. The molecule has 1 saturated carbocycles. The quantitative estimate of drug-likeness (QED) is 0.670. The molecule has 0 bridgehead atoms. The van der Waals surface area contributed by atoms with Gasteiger partial charge in [0.15, 0.2) is 0 Å². The van der Waals surface area contributed by atoms with Crippen molar-refractivity contribution in [1.82, 2.24) is 10.6 Å². The highest BCUT2D eigenvalue weighted by Gasteiger charge is 2.36. The van der Waals surface area contributed by atoms with Crippen LogP contribution in [0.2, 0.25) is 0 Å². The SMILES string of the molecule is CC(C)(C)CC(=O)NC[C@H]1OC[C@@H](NCC2CC2)[C@@H]1O. The summed E-state index contributed by atoms with van der Waals surface area (Å²) in [6.45, 7) is 7.97. The highest BCUT2D eigenvalue weighted by molar-refractivity contribution is 5.76. The van der Waals surface area contributed by atoms with Crippen LogP contribution in [0.1, 0.15) is 40.0 Å². The van der Waals surface area contributed by atoms with E-state index in [1.807, 2.05) is 20.8 Å². The van der Waals surface area contributed by atoms with Crippen LogP contribution in [-0.2, 0) is 9.53 Å². The van der Waals surface area contributed by atoms with Gasteiger partial charge in [0, 0.05) is 13.0 Å². The molecule has 1 heterocycles. The first-order valence-corrected chi connectivity index (χ1v) is 7.65. The van der Waals surface area contributed by atoms with Crippen molar-refractivity contribution in [1.29, 1.82) is 0 Å². The van der Waals surface area contributed by atoms with E-state index in [2.05, 4.69) is 10.6 Å². The lowest BCUT2D eigenvalue weighted by Crippen LogP contribution is -2.45. The number of hydrogen-bond donors (Lipinski definition) is 3. The topological polar surface area (TPSA) is 70.6 Å². The molecule has 2 rings (SSSR count). The van der Waals surface area contributed by atoms with Crippen LogP contribution in [0.15, 0.2) is 0 Å². The second-order valence-electron chi connectivity index (χ2n) is 7.36. The Hall–Kier alpha value is -0.650. The molecule has 1 aliphatic heterocycles. The van der Waals surface area contributed by atoms with Crippen molar-refractivity contribution in [2.45, 2.75) is 58.3 Å². The lowest BCUT2D eigenvalue weighted by molar-refractivity contribution is -0.123. The first kappa shape index (κ1) is 15.7. The molecule has 116 valence electrons. The Morgan fingerprint density at radius 1 is 1.30 bits per heavy atom. The van der Waals surface area contributed by atoms with Gasteiger partial charge < -0.3 is 20.5 Å². The second-order valence-corrected chi connectivity index (χ2v) is 7.36. The van der Waals surface area contributed by atoms with Crippen molar-refractivity contribution in [3.05, 3.63) is 0 Å². The van der Waals surface area contributed by atoms with Crippen molar-refractivity contribution >= 4 is 5.91 Å². The summed E-state index contributed by atoms with van der Waals surface area (Å²) >= 11 is 0. The Bertz CT molecular complexity index is 337. The summed E-state index contributed by atoms with van der Waals surface area (Å²) in [7, 11) is 0. The zero-order chi connectivity index (χ0) is 14.8. The van der Waals surface area contributed by atoms with Crippen LogP contribution in [0.4, 0.5) is 0 Å². The maximum atomic E-state index is 11.8. The molecule has 1 saturated heterocycles. The Morgan fingerprint density at radius 3 is 2.60 bits per heavy atom. The summed E-state index contributed by atoms with van der Waals surface area (Å²) in [5.74, 6) is 0.801. The standard InChI is InChI=1S/C15H28N2O3/c1-15(2,3)6-13(18)17-8-12-14(19)11(9-20-12)16-7-10-4-5-10/h10-12,14,16,19H,4-9H2,1-3H3,(H,17,18)/t11-,12-,14+/m1/s1. The lowest BCUT2D eigenvalue weighted by Gasteiger charge is -2.21. The van der Waals surface area contributed by atoms with Gasteiger partial charge in [-0.1, -0.05) is 20.8 Å².